The number of aliphatic hydroxyl groups excluding tert-OH is 1. The lowest BCUT2D eigenvalue weighted by molar-refractivity contribution is 0.146. The van der Waals surface area contributed by atoms with Gasteiger partial charge in [0.05, 0.1) is 6.10 Å². The zero-order valence-electron chi connectivity index (χ0n) is 13.0. The van der Waals surface area contributed by atoms with Crippen LogP contribution in [0.15, 0.2) is 4.52 Å². The van der Waals surface area contributed by atoms with Gasteiger partial charge in [0.1, 0.15) is 6.04 Å². The first-order chi connectivity index (χ1) is 9.29. The maximum atomic E-state index is 9.47. The van der Waals surface area contributed by atoms with E-state index in [0.29, 0.717) is 17.2 Å². The average molecular weight is 281 g/mol. The molecule has 5 heteroatoms. The Morgan fingerprint density at radius 1 is 1.25 bits per heavy atom. The summed E-state index contributed by atoms with van der Waals surface area (Å²) in [6.45, 7) is 8.56. The molecule has 1 fully saturated rings. The molecule has 0 unspecified atom stereocenters. The van der Waals surface area contributed by atoms with Gasteiger partial charge in [0, 0.05) is 5.92 Å². The molecule has 2 rings (SSSR count). The molecule has 1 saturated carbocycles. The van der Waals surface area contributed by atoms with Gasteiger partial charge < -0.3 is 15.4 Å². The molecule has 3 N–H and O–H groups in total. The molecular weight excluding hydrogens is 254 g/mol. The molecule has 0 saturated heterocycles. The summed E-state index contributed by atoms with van der Waals surface area (Å²) in [5.41, 5.74) is 6.19. The first kappa shape index (κ1) is 15.4. The predicted molar refractivity (Wildman–Crippen MR) is 77.1 cm³/mol. The summed E-state index contributed by atoms with van der Waals surface area (Å²) in [6.07, 6.45) is 3.94. The van der Waals surface area contributed by atoms with Crippen LogP contribution < -0.4 is 5.73 Å². The highest BCUT2D eigenvalue weighted by atomic mass is 16.5. The highest BCUT2D eigenvalue weighted by Gasteiger charge is 2.32. The van der Waals surface area contributed by atoms with E-state index in [1.165, 1.54) is 12.8 Å². The van der Waals surface area contributed by atoms with Crippen LogP contribution in [0.3, 0.4) is 0 Å². The highest BCUT2D eigenvalue weighted by Crippen LogP contribution is 2.42. The quantitative estimate of drug-likeness (QED) is 0.889. The van der Waals surface area contributed by atoms with Gasteiger partial charge in [0.25, 0.3) is 0 Å². The van der Waals surface area contributed by atoms with E-state index in [9.17, 15) is 5.11 Å². The van der Waals surface area contributed by atoms with Crippen molar-refractivity contribution in [3.8, 4) is 0 Å². The van der Waals surface area contributed by atoms with E-state index >= 15 is 0 Å². The molecule has 20 heavy (non-hydrogen) atoms. The Bertz CT molecular complexity index is 429. The van der Waals surface area contributed by atoms with Crippen LogP contribution in [-0.4, -0.2) is 21.4 Å². The summed E-state index contributed by atoms with van der Waals surface area (Å²) < 4.78 is 5.19. The molecule has 1 aliphatic carbocycles. The Morgan fingerprint density at radius 2 is 1.85 bits per heavy atom. The van der Waals surface area contributed by atoms with Crippen LogP contribution in [0.25, 0.3) is 0 Å². The van der Waals surface area contributed by atoms with Crippen molar-refractivity contribution < 1.29 is 9.63 Å². The summed E-state index contributed by atoms with van der Waals surface area (Å²) in [5.74, 6) is 2.23. The van der Waals surface area contributed by atoms with E-state index in [-0.39, 0.29) is 0 Å². The van der Waals surface area contributed by atoms with Gasteiger partial charge in [-0.3, -0.25) is 0 Å². The molecule has 0 aromatic carbocycles. The normalized spacial score (nSPS) is 27.3. The first-order valence-corrected chi connectivity index (χ1v) is 7.56. The SMILES string of the molecule is C[C@@H](O)[C@H](N)c1nc(C2CCC(C(C)(C)C)CC2)no1. The van der Waals surface area contributed by atoms with Gasteiger partial charge in [-0.05, 0) is 43.9 Å². The highest BCUT2D eigenvalue weighted by molar-refractivity contribution is 5.01. The van der Waals surface area contributed by atoms with Crippen LogP contribution in [0.4, 0.5) is 0 Å². The van der Waals surface area contributed by atoms with E-state index in [1.807, 2.05) is 0 Å². The Hall–Kier alpha value is -0.940. The summed E-state index contributed by atoms with van der Waals surface area (Å²) in [5, 5.41) is 13.5. The average Bonchev–Trinajstić information content (AvgIpc) is 2.86. The zero-order valence-corrected chi connectivity index (χ0v) is 13.0. The molecule has 1 aromatic heterocycles. The van der Waals surface area contributed by atoms with Gasteiger partial charge >= 0.3 is 0 Å². The maximum Gasteiger partial charge on any atom is 0.246 e. The second-order valence-electron chi connectivity index (χ2n) is 7.17. The lowest BCUT2D eigenvalue weighted by Crippen LogP contribution is -2.26. The van der Waals surface area contributed by atoms with Gasteiger partial charge in [0.15, 0.2) is 5.82 Å². The van der Waals surface area contributed by atoms with Crippen molar-refractivity contribution in [2.45, 2.75) is 71.4 Å². The molecule has 1 aliphatic rings. The van der Waals surface area contributed by atoms with E-state index in [2.05, 4.69) is 30.9 Å². The first-order valence-electron chi connectivity index (χ1n) is 7.56. The number of hydrogen-bond acceptors (Lipinski definition) is 5. The molecular formula is C15H27N3O2. The minimum atomic E-state index is -0.681. The lowest BCUT2D eigenvalue weighted by atomic mass is 9.70. The van der Waals surface area contributed by atoms with Crippen LogP contribution >= 0.6 is 0 Å². The van der Waals surface area contributed by atoms with Crippen LogP contribution in [0.2, 0.25) is 0 Å². The Labute approximate surface area is 120 Å². The van der Waals surface area contributed by atoms with Crippen LogP contribution in [0.5, 0.6) is 0 Å². The third-order valence-corrected chi connectivity index (χ3v) is 4.58. The van der Waals surface area contributed by atoms with Crippen molar-refractivity contribution in [1.29, 1.82) is 0 Å². The van der Waals surface area contributed by atoms with Crippen LogP contribution in [0.1, 0.15) is 77.1 Å². The topological polar surface area (TPSA) is 85.2 Å². The molecule has 0 spiro atoms. The second-order valence-corrected chi connectivity index (χ2v) is 7.17. The number of hydrogen-bond donors (Lipinski definition) is 2. The van der Waals surface area contributed by atoms with Gasteiger partial charge in [0.2, 0.25) is 5.89 Å². The molecule has 1 aromatic rings. The van der Waals surface area contributed by atoms with Crippen LogP contribution in [-0.2, 0) is 0 Å². The monoisotopic (exact) mass is 281 g/mol. The van der Waals surface area contributed by atoms with Crippen molar-refractivity contribution in [3.63, 3.8) is 0 Å². The Balaban J connectivity index is 1.98. The lowest BCUT2D eigenvalue weighted by Gasteiger charge is -2.36. The molecule has 1 heterocycles. The number of rotatable bonds is 3. The van der Waals surface area contributed by atoms with Gasteiger partial charge in [-0.25, -0.2) is 0 Å². The van der Waals surface area contributed by atoms with E-state index in [1.54, 1.807) is 6.92 Å². The molecule has 0 aliphatic heterocycles. The smallest absolute Gasteiger partial charge is 0.246 e. The molecule has 5 nitrogen and oxygen atoms in total. The number of aromatic nitrogens is 2. The minimum absolute atomic E-state index is 0.341. The van der Waals surface area contributed by atoms with Crippen molar-refractivity contribution in [3.05, 3.63) is 11.7 Å². The fourth-order valence-electron chi connectivity index (χ4n) is 2.97. The van der Waals surface area contributed by atoms with Crippen molar-refractivity contribution >= 4 is 0 Å². The van der Waals surface area contributed by atoms with Crippen LogP contribution in [0, 0.1) is 11.3 Å². The number of nitrogens with two attached hydrogens (primary N) is 1. The van der Waals surface area contributed by atoms with Crippen molar-refractivity contribution in [2.75, 3.05) is 0 Å². The zero-order chi connectivity index (χ0) is 14.9. The number of aliphatic hydroxyl groups is 1. The van der Waals surface area contributed by atoms with Crippen molar-refractivity contribution in [1.82, 2.24) is 10.1 Å². The molecule has 114 valence electrons. The summed E-state index contributed by atoms with van der Waals surface area (Å²) in [7, 11) is 0. The van der Waals surface area contributed by atoms with Gasteiger partial charge in [-0.1, -0.05) is 25.9 Å². The molecule has 0 radical (unpaired) electrons. The standard InChI is InChI=1S/C15H27N3O2/c1-9(19)12(16)14-17-13(18-20-14)10-5-7-11(8-6-10)15(2,3)4/h9-12,19H,5-8,16H2,1-4H3/t9-,10?,11?,12+/m1/s1. The van der Waals surface area contributed by atoms with Gasteiger partial charge in [-0.15, -0.1) is 0 Å². The second kappa shape index (κ2) is 5.82. The van der Waals surface area contributed by atoms with Gasteiger partial charge in [-0.2, -0.15) is 4.98 Å². The van der Waals surface area contributed by atoms with E-state index in [4.69, 9.17) is 10.3 Å². The third-order valence-electron chi connectivity index (χ3n) is 4.58. The summed E-state index contributed by atoms with van der Waals surface area (Å²) >= 11 is 0. The summed E-state index contributed by atoms with van der Waals surface area (Å²) in [6, 6.07) is -0.595. The minimum Gasteiger partial charge on any atom is -0.391 e. The maximum absolute atomic E-state index is 9.47. The van der Waals surface area contributed by atoms with E-state index in [0.717, 1.165) is 24.6 Å². The largest absolute Gasteiger partial charge is 0.391 e. The fourth-order valence-corrected chi connectivity index (χ4v) is 2.97. The Morgan fingerprint density at radius 3 is 2.35 bits per heavy atom. The summed E-state index contributed by atoms with van der Waals surface area (Å²) in [4.78, 5) is 4.38. The number of nitrogens with zero attached hydrogens (tertiary/aromatic N) is 2. The Kier molecular flexibility index (Phi) is 4.49. The van der Waals surface area contributed by atoms with E-state index < -0.39 is 12.1 Å². The predicted octanol–water partition coefficient (Wildman–Crippen LogP) is 2.77. The molecule has 2 atom stereocenters. The van der Waals surface area contributed by atoms with Crippen molar-refractivity contribution in [2.24, 2.45) is 17.1 Å². The molecule has 0 amide bonds. The third kappa shape index (κ3) is 3.38. The fraction of sp³-hybridized carbons (Fsp3) is 0.867. The molecule has 0 bridgehead atoms.